The monoisotopic (exact) mass is 329 g/mol. The maximum absolute atomic E-state index is 12.4. The summed E-state index contributed by atoms with van der Waals surface area (Å²) >= 11 is 0. The van der Waals surface area contributed by atoms with Gasteiger partial charge in [-0.3, -0.25) is 14.5 Å². The second-order valence-corrected chi connectivity index (χ2v) is 6.68. The van der Waals surface area contributed by atoms with Gasteiger partial charge in [-0.2, -0.15) is 0 Å². The number of likely N-dealkylation sites (N-methyl/N-ethyl adjacent to an activating group) is 1. The SMILES string of the molecule is Cc1ccccc1CCC(=O)N1CCC2(CC1)NC(=O)N(C)C2=O. The molecular formula is C18H23N3O3. The highest BCUT2D eigenvalue weighted by molar-refractivity contribution is 6.06. The Balaban J connectivity index is 1.55. The van der Waals surface area contributed by atoms with E-state index in [-0.39, 0.29) is 17.8 Å². The summed E-state index contributed by atoms with van der Waals surface area (Å²) in [7, 11) is 1.49. The molecule has 0 unspecified atom stereocenters. The lowest BCUT2D eigenvalue weighted by Gasteiger charge is -2.37. The Morgan fingerprint density at radius 1 is 1.21 bits per heavy atom. The molecule has 6 heteroatoms. The molecule has 1 aromatic rings. The second-order valence-electron chi connectivity index (χ2n) is 6.68. The molecule has 0 radical (unpaired) electrons. The number of urea groups is 1. The van der Waals surface area contributed by atoms with Crippen LogP contribution >= 0.6 is 0 Å². The average Bonchev–Trinajstić information content (AvgIpc) is 2.79. The molecule has 2 heterocycles. The van der Waals surface area contributed by atoms with Gasteiger partial charge in [-0.1, -0.05) is 24.3 Å². The molecule has 2 fully saturated rings. The summed E-state index contributed by atoms with van der Waals surface area (Å²) in [6, 6.07) is 7.74. The number of nitrogens with one attached hydrogen (secondary N) is 1. The van der Waals surface area contributed by atoms with Gasteiger partial charge in [-0.15, -0.1) is 0 Å². The Labute approximate surface area is 141 Å². The summed E-state index contributed by atoms with van der Waals surface area (Å²) in [6.45, 7) is 3.06. The fraction of sp³-hybridized carbons (Fsp3) is 0.500. The first-order valence-corrected chi connectivity index (χ1v) is 8.35. The Bertz CT molecular complexity index is 678. The molecule has 0 atom stereocenters. The molecule has 0 aromatic heterocycles. The molecule has 0 bridgehead atoms. The zero-order valence-electron chi connectivity index (χ0n) is 14.2. The highest BCUT2D eigenvalue weighted by Crippen LogP contribution is 2.29. The summed E-state index contributed by atoms with van der Waals surface area (Å²) in [5, 5.41) is 2.79. The van der Waals surface area contributed by atoms with E-state index in [2.05, 4.69) is 24.4 Å². The fourth-order valence-corrected chi connectivity index (χ4v) is 3.52. The highest BCUT2D eigenvalue weighted by atomic mass is 16.2. The summed E-state index contributed by atoms with van der Waals surface area (Å²) in [5.41, 5.74) is 1.59. The van der Waals surface area contributed by atoms with Gasteiger partial charge in [0, 0.05) is 26.6 Å². The number of hydrogen-bond donors (Lipinski definition) is 1. The number of piperidine rings is 1. The van der Waals surface area contributed by atoms with E-state index in [4.69, 9.17) is 0 Å². The molecule has 6 nitrogen and oxygen atoms in total. The van der Waals surface area contributed by atoms with Crippen LogP contribution in [0.15, 0.2) is 24.3 Å². The van der Waals surface area contributed by atoms with Crippen LogP contribution in [0.1, 0.15) is 30.4 Å². The van der Waals surface area contributed by atoms with E-state index in [1.807, 2.05) is 12.1 Å². The van der Waals surface area contributed by atoms with Gasteiger partial charge < -0.3 is 10.2 Å². The summed E-state index contributed by atoms with van der Waals surface area (Å²) in [6.07, 6.45) is 2.17. The topological polar surface area (TPSA) is 69.7 Å². The summed E-state index contributed by atoms with van der Waals surface area (Å²) in [4.78, 5) is 39.3. The Morgan fingerprint density at radius 3 is 2.46 bits per heavy atom. The minimum Gasteiger partial charge on any atom is -0.342 e. The van der Waals surface area contributed by atoms with E-state index in [1.165, 1.54) is 18.2 Å². The molecule has 1 spiro atoms. The van der Waals surface area contributed by atoms with Crippen molar-refractivity contribution in [3.8, 4) is 0 Å². The third kappa shape index (κ3) is 2.88. The maximum atomic E-state index is 12.4. The lowest BCUT2D eigenvalue weighted by Crippen LogP contribution is -2.55. The van der Waals surface area contributed by atoms with Crippen molar-refractivity contribution in [2.45, 2.75) is 38.1 Å². The number of benzene rings is 1. The van der Waals surface area contributed by atoms with Crippen molar-refractivity contribution in [1.29, 1.82) is 0 Å². The fourth-order valence-electron chi connectivity index (χ4n) is 3.52. The van der Waals surface area contributed by atoms with Crippen LogP contribution in [0, 0.1) is 6.92 Å². The number of rotatable bonds is 3. The minimum atomic E-state index is -0.807. The van der Waals surface area contributed by atoms with Crippen molar-refractivity contribution in [1.82, 2.24) is 15.1 Å². The molecule has 1 N–H and O–H groups in total. The first-order valence-electron chi connectivity index (χ1n) is 8.35. The highest BCUT2D eigenvalue weighted by Gasteiger charge is 2.51. The molecule has 2 saturated heterocycles. The van der Waals surface area contributed by atoms with Crippen LogP contribution in [0.3, 0.4) is 0 Å². The molecule has 3 rings (SSSR count). The zero-order chi connectivity index (χ0) is 17.3. The summed E-state index contributed by atoms with van der Waals surface area (Å²) < 4.78 is 0. The van der Waals surface area contributed by atoms with Crippen LogP contribution in [0.5, 0.6) is 0 Å². The smallest absolute Gasteiger partial charge is 0.324 e. The first-order chi connectivity index (χ1) is 11.4. The standard InChI is InChI=1S/C18H23N3O3/c1-13-5-3-4-6-14(13)7-8-15(22)21-11-9-18(10-12-21)16(23)20(2)17(24)19-18/h3-6H,7-12H2,1-2H3,(H,19,24). The number of amides is 4. The van der Waals surface area contributed by atoms with Crippen molar-refractivity contribution in [3.63, 3.8) is 0 Å². The molecule has 0 aliphatic carbocycles. The maximum Gasteiger partial charge on any atom is 0.324 e. The van der Waals surface area contributed by atoms with Gasteiger partial charge in [0.15, 0.2) is 0 Å². The van der Waals surface area contributed by atoms with Gasteiger partial charge >= 0.3 is 6.03 Å². The van der Waals surface area contributed by atoms with E-state index in [0.717, 1.165) is 11.3 Å². The molecule has 2 aliphatic heterocycles. The number of carbonyl (C=O) groups is 3. The van der Waals surface area contributed by atoms with Gasteiger partial charge in [-0.05, 0) is 37.3 Å². The number of likely N-dealkylation sites (tertiary alicyclic amines) is 1. The van der Waals surface area contributed by atoms with Gasteiger partial charge in [0.2, 0.25) is 5.91 Å². The number of aryl methyl sites for hydroxylation is 2. The Hall–Kier alpha value is -2.37. The third-order valence-electron chi connectivity index (χ3n) is 5.20. The normalized spacial score (nSPS) is 19.8. The van der Waals surface area contributed by atoms with Crippen LogP contribution in [-0.4, -0.2) is 53.3 Å². The number of carbonyl (C=O) groups excluding carboxylic acids is 3. The number of nitrogens with zero attached hydrogens (tertiary/aromatic N) is 2. The second kappa shape index (κ2) is 6.26. The predicted molar refractivity (Wildman–Crippen MR) is 89.3 cm³/mol. The lowest BCUT2D eigenvalue weighted by atomic mass is 9.87. The molecule has 2 aliphatic rings. The van der Waals surface area contributed by atoms with E-state index in [1.54, 1.807) is 4.90 Å². The van der Waals surface area contributed by atoms with Crippen molar-refractivity contribution >= 4 is 17.8 Å². The Morgan fingerprint density at radius 2 is 1.88 bits per heavy atom. The molecule has 1 aromatic carbocycles. The van der Waals surface area contributed by atoms with Crippen molar-refractivity contribution in [2.24, 2.45) is 0 Å². The van der Waals surface area contributed by atoms with Crippen LogP contribution < -0.4 is 5.32 Å². The third-order valence-corrected chi connectivity index (χ3v) is 5.20. The quantitative estimate of drug-likeness (QED) is 0.854. The van der Waals surface area contributed by atoms with Gasteiger partial charge in [-0.25, -0.2) is 4.79 Å². The minimum absolute atomic E-state index is 0.109. The summed E-state index contributed by atoms with van der Waals surface area (Å²) in [5.74, 6) is -0.0715. The van der Waals surface area contributed by atoms with Gasteiger partial charge in [0.25, 0.3) is 5.91 Å². The zero-order valence-corrected chi connectivity index (χ0v) is 14.2. The van der Waals surface area contributed by atoms with Crippen molar-refractivity contribution in [2.75, 3.05) is 20.1 Å². The van der Waals surface area contributed by atoms with E-state index in [0.29, 0.717) is 32.4 Å². The van der Waals surface area contributed by atoms with Crippen LogP contribution in [0.25, 0.3) is 0 Å². The first kappa shape index (κ1) is 16.5. The molecule has 4 amide bonds. The Kier molecular flexibility index (Phi) is 4.30. The molecule has 24 heavy (non-hydrogen) atoms. The number of hydrogen-bond acceptors (Lipinski definition) is 3. The van der Waals surface area contributed by atoms with Gasteiger partial charge in [0.1, 0.15) is 5.54 Å². The molecule has 128 valence electrons. The van der Waals surface area contributed by atoms with E-state index >= 15 is 0 Å². The number of imide groups is 1. The van der Waals surface area contributed by atoms with Crippen LogP contribution in [-0.2, 0) is 16.0 Å². The largest absolute Gasteiger partial charge is 0.342 e. The average molecular weight is 329 g/mol. The van der Waals surface area contributed by atoms with Gasteiger partial charge in [0.05, 0.1) is 0 Å². The van der Waals surface area contributed by atoms with Crippen molar-refractivity contribution < 1.29 is 14.4 Å². The van der Waals surface area contributed by atoms with E-state index in [9.17, 15) is 14.4 Å². The molecular weight excluding hydrogens is 306 g/mol. The molecule has 0 saturated carbocycles. The predicted octanol–water partition coefficient (Wildman–Crippen LogP) is 1.47. The van der Waals surface area contributed by atoms with Crippen LogP contribution in [0.4, 0.5) is 4.79 Å². The van der Waals surface area contributed by atoms with E-state index < -0.39 is 5.54 Å². The lowest BCUT2D eigenvalue weighted by molar-refractivity contribution is -0.138. The van der Waals surface area contributed by atoms with Crippen LogP contribution in [0.2, 0.25) is 0 Å². The van der Waals surface area contributed by atoms with Crippen molar-refractivity contribution in [3.05, 3.63) is 35.4 Å².